The van der Waals surface area contributed by atoms with Crippen LogP contribution in [0.15, 0.2) is 36.7 Å². The van der Waals surface area contributed by atoms with Crippen molar-refractivity contribution in [1.82, 2.24) is 19.5 Å². The number of benzene rings is 1. The number of aliphatic hydroxyl groups is 2. The van der Waals surface area contributed by atoms with Crippen molar-refractivity contribution < 1.29 is 19.7 Å². The maximum absolute atomic E-state index is 10.5. The smallest absolute Gasteiger partial charge is 0.168 e. The highest BCUT2D eigenvalue weighted by Gasteiger charge is 2.44. The van der Waals surface area contributed by atoms with Gasteiger partial charge in [-0.15, -0.1) is 0 Å². The lowest BCUT2D eigenvalue weighted by molar-refractivity contribution is -0.0580. The van der Waals surface area contributed by atoms with Crippen LogP contribution in [0.2, 0.25) is 0 Å². The van der Waals surface area contributed by atoms with Crippen LogP contribution in [0, 0.1) is 0 Å². The Hall–Kier alpha value is -2.63. The SMILES string of the molecule is COC[C@H]1OC(n2cnc3c(NCCc4ccccc4)nc(CN)nc32)[C@H](O)[C@@H]1O. The Kier molecular flexibility index (Phi) is 6.21. The van der Waals surface area contributed by atoms with Crippen molar-refractivity contribution in [2.45, 2.75) is 37.5 Å². The number of fused-ring (bicyclic) bond motifs is 1. The number of aromatic nitrogens is 4. The number of hydrogen-bond acceptors (Lipinski definition) is 9. The van der Waals surface area contributed by atoms with Gasteiger partial charge in [-0.1, -0.05) is 30.3 Å². The van der Waals surface area contributed by atoms with E-state index in [1.807, 2.05) is 18.2 Å². The Morgan fingerprint density at radius 3 is 2.73 bits per heavy atom. The third-order valence-electron chi connectivity index (χ3n) is 5.14. The molecule has 10 heteroatoms. The number of hydrogen-bond donors (Lipinski definition) is 4. The quantitative estimate of drug-likeness (QED) is 0.407. The molecule has 30 heavy (non-hydrogen) atoms. The number of nitrogens with one attached hydrogen (secondary N) is 1. The fourth-order valence-electron chi connectivity index (χ4n) is 3.59. The first-order valence-electron chi connectivity index (χ1n) is 9.84. The fraction of sp³-hybridized carbons (Fsp3) is 0.450. The van der Waals surface area contributed by atoms with Crippen molar-refractivity contribution >= 4 is 17.0 Å². The van der Waals surface area contributed by atoms with E-state index >= 15 is 0 Å². The second kappa shape index (κ2) is 9.02. The normalized spacial score (nSPS) is 23.9. The molecule has 1 aliphatic heterocycles. The van der Waals surface area contributed by atoms with Crippen LogP contribution in [0.3, 0.4) is 0 Å². The number of nitrogens with two attached hydrogens (primary N) is 1. The molecule has 1 saturated heterocycles. The van der Waals surface area contributed by atoms with Gasteiger partial charge >= 0.3 is 0 Å². The standard InChI is InChI=1S/C20H26N6O4/c1-29-10-13-16(27)17(28)20(30-13)26-11-23-15-18(24-14(9-21)25-19(15)26)22-8-7-12-5-3-2-4-6-12/h2-6,11,13,16-17,20,27-28H,7-10,21H2,1H3,(H,22,24,25)/t13-,16-,17-,20?/m1/s1. The summed E-state index contributed by atoms with van der Waals surface area (Å²) in [5.41, 5.74) is 8.02. The van der Waals surface area contributed by atoms with Gasteiger partial charge in [-0.2, -0.15) is 0 Å². The minimum Gasteiger partial charge on any atom is -0.387 e. The third-order valence-corrected chi connectivity index (χ3v) is 5.14. The van der Waals surface area contributed by atoms with E-state index in [0.29, 0.717) is 29.4 Å². The van der Waals surface area contributed by atoms with Crippen molar-refractivity contribution in [3.05, 3.63) is 48.0 Å². The van der Waals surface area contributed by atoms with Gasteiger partial charge in [0.05, 0.1) is 19.5 Å². The van der Waals surface area contributed by atoms with Crippen LogP contribution in [0.5, 0.6) is 0 Å². The molecule has 1 unspecified atom stereocenters. The summed E-state index contributed by atoms with van der Waals surface area (Å²) in [6.07, 6.45) is -1.37. The minimum atomic E-state index is -1.15. The van der Waals surface area contributed by atoms with Crippen molar-refractivity contribution in [1.29, 1.82) is 0 Å². The fourth-order valence-corrected chi connectivity index (χ4v) is 3.59. The average Bonchev–Trinajstić information content (AvgIpc) is 3.31. The van der Waals surface area contributed by atoms with E-state index in [0.717, 1.165) is 6.42 Å². The molecule has 5 N–H and O–H groups in total. The molecule has 1 aliphatic rings. The predicted octanol–water partition coefficient (Wildman–Crippen LogP) is 0.205. The number of methoxy groups -OCH3 is 1. The molecule has 0 amide bonds. The number of nitrogens with zero attached hydrogens (tertiary/aromatic N) is 4. The highest BCUT2D eigenvalue weighted by Crippen LogP contribution is 2.32. The lowest BCUT2D eigenvalue weighted by Crippen LogP contribution is -2.33. The van der Waals surface area contributed by atoms with Gasteiger partial charge < -0.3 is 30.7 Å². The highest BCUT2D eigenvalue weighted by molar-refractivity contribution is 5.83. The molecule has 0 radical (unpaired) electrons. The lowest BCUT2D eigenvalue weighted by Gasteiger charge is -2.17. The average molecular weight is 414 g/mol. The Morgan fingerprint density at radius 2 is 2.00 bits per heavy atom. The Labute approximate surface area is 173 Å². The molecule has 3 heterocycles. The first kappa shape index (κ1) is 20.6. The zero-order valence-electron chi connectivity index (χ0n) is 16.7. The van der Waals surface area contributed by atoms with Gasteiger partial charge in [0.2, 0.25) is 0 Å². The molecule has 1 aromatic carbocycles. The Morgan fingerprint density at radius 1 is 1.20 bits per heavy atom. The molecule has 0 aliphatic carbocycles. The summed E-state index contributed by atoms with van der Waals surface area (Å²) in [4.78, 5) is 13.4. The van der Waals surface area contributed by atoms with Crippen molar-refractivity contribution in [2.24, 2.45) is 5.73 Å². The van der Waals surface area contributed by atoms with Crippen LogP contribution < -0.4 is 11.1 Å². The molecule has 0 saturated carbocycles. The van der Waals surface area contributed by atoms with Gasteiger partial charge in [0, 0.05) is 13.7 Å². The van der Waals surface area contributed by atoms with Crippen LogP contribution >= 0.6 is 0 Å². The van der Waals surface area contributed by atoms with Crippen molar-refractivity contribution in [3.8, 4) is 0 Å². The van der Waals surface area contributed by atoms with Crippen molar-refractivity contribution in [3.63, 3.8) is 0 Å². The van der Waals surface area contributed by atoms with E-state index in [4.69, 9.17) is 15.2 Å². The molecule has 4 rings (SSSR count). The minimum absolute atomic E-state index is 0.150. The first-order valence-corrected chi connectivity index (χ1v) is 9.84. The van der Waals surface area contributed by atoms with Crippen LogP contribution in [0.4, 0.5) is 5.82 Å². The number of aliphatic hydroxyl groups excluding tert-OH is 2. The third kappa shape index (κ3) is 4.00. The van der Waals surface area contributed by atoms with Crippen LogP contribution in [0.25, 0.3) is 11.2 Å². The summed E-state index contributed by atoms with van der Waals surface area (Å²) in [5.74, 6) is 1.00. The molecule has 0 bridgehead atoms. The molecule has 1 fully saturated rings. The number of ether oxygens (including phenoxy) is 2. The van der Waals surface area contributed by atoms with E-state index in [9.17, 15) is 10.2 Å². The second-order valence-corrected chi connectivity index (χ2v) is 7.18. The number of rotatable bonds is 8. The highest BCUT2D eigenvalue weighted by atomic mass is 16.6. The van der Waals surface area contributed by atoms with Crippen molar-refractivity contribution in [2.75, 3.05) is 25.6 Å². The van der Waals surface area contributed by atoms with E-state index in [2.05, 4.69) is 32.4 Å². The first-order chi connectivity index (χ1) is 14.6. The summed E-state index contributed by atoms with van der Waals surface area (Å²) in [5, 5.41) is 24.1. The largest absolute Gasteiger partial charge is 0.387 e. The summed E-state index contributed by atoms with van der Waals surface area (Å²) >= 11 is 0. The van der Waals surface area contributed by atoms with E-state index in [1.165, 1.54) is 19.0 Å². The molecule has 2 aromatic heterocycles. The summed E-state index contributed by atoms with van der Waals surface area (Å²) in [7, 11) is 1.51. The number of imidazole rings is 1. The zero-order chi connectivity index (χ0) is 21.1. The van der Waals surface area contributed by atoms with Gasteiger partial charge in [-0.25, -0.2) is 15.0 Å². The second-order valence-electron chi connectivity index (χ2n) is 7.18. The van der Waals surface area contributed by atoms with E-state index in [-0.39, 0.29) is 13.2 Å². The van der Waals surface area contributed by atoms with Gasteiger partial charge in [0.25, 0.3) is 0 Å². The zero-order valence-corrected chi connectivity index (χ0v) is 16.7. The van der Waals surface area contributed by atoms with Crippen LogP contribution in [0.1, 0.15) is 17.6 Å². The molecular formula is C20H26N6O4. The Balaban J connectivity index is 1.60. The molecule has 10 nitrogen and oxygen atoms in total. The molecule has 160 valence electrons. The van der Waals surface area contributed by atoms with Gasteiger partial charge in [0.1, 0.15) is 24.1 Å². The molecule has 3 aromatic rings. The van der Waals surface area contributed by atoms with Gasteiger partial charge in [0.15, 0.2) is 23.2 Å². The van der Waals surface area contributed by atoms with Crippen LogP contribution in [-0.2, 0) is 22.4 Å². The van der Waals surface area contributed by atoms with Gasteiger partial charge in [-0.3, -0.25) is 4.57 Å². The topological polar surface area (TPSA) is 141 Å². The monoisotopic (exact) mass is 414 g/mol. The van der Waals surface area contributed by atoms with Crippen LogP contribution in [-0.4, -0.2) is 68.3 Å². The molecular weight excluding hydrogens is 388 g/mol. The summed E-state index contributed by atoms with van der Waals surface area (Å²) < 4.78 is 12.5. The van der Waals surface area contributed by atoms with E-state index < -0.39 is 24.5 Å². The maximum atomic E-state index is 10.5. The van der Waals surface area contributed by atoms with Gasteiger partial charge in [-0.05, 0) is 12.0 Å². The lowest BCUT2D eigenvalue weighted by atomic mass is 10.1. The molecule has 4 atom stereocenters. The van der Waals surface area contributed by atoms with E-state index in [1.54, 1.807) is 4.57 Å². The predicted molar refractivity (Wildman–Crippen MR) is 110 cm³/mol. The summed E-state index contributed by atoms with van der Waals surface area (Å²) in [6.45, 7) is 0.971. The summed E-state index contributed by atoms with van der Waals surface area (Å²) in [6, 6.07) is 10.1. The number of anilines is 1. The maximum Gasteiger partial charge on any atom is 0.168 e. The molecule has 0 spiro atoms. The Bertz CT molecular complexity index is 982.